The van der Waals surface area contributed by atoms with Crippen LogP contribution in [0.4, 0.5) is 5.69 Å². The molecule has 1 aliphatic rings. The zero-order valence-corrected chi connectivity index (χ0v) is 17.3. The first-order valence-corrected chi connectivity index (χ1v) is 8.34. The number of hydrogen-bond acceptors (Lipinski definition) is 4. The van der Waals surface area contributed by atoms with Gasteiger partial charge in [0.15, 0.2) is 11.8 Å². The SMILES string of the molecule is CN=C(NCc1ccc(N2CCCC2=O)cc1)NCc1nncn1C.I. The van der Waals surface area contributed by atoms with Crippen LogP contribution in [-0.4, -0.2) is 40.2 Å². The number of amides is 1. The molecule has 2 N–H and O–H groups in total. The topological polar surface area (TPSA) is 87.4 Å². The summed E-state index contributed by atoms with van der Waals surface area (Å²) in [5.41, 5.74) is 2.09. The van der Waals surface area contributed by atoms with E-state index in [2.05, 4.69) is 25.8 Å². The van der Waals surface area contributed by atoms with E-state index in [9.17, 15) is 4.79 Å². The predicted octanol–water partition coefficient (Wildman–Crippen LogP) is 1.43. The first kappa shape index (κ1) is 20.1. The number of nitrogens with one attached hydrogen (secondary N) is 2. The number of nitrogens with zero attached hydrogens (tertiary/aromatic N) is 5. The van der Waals surface area contributed by atoms with Gasteiger partial charge in [-0.3, -0.25) is 9.79 Å². The number of benzene rings is 1. The third-order valence-corrected chi connectivity index (χ3v) is 4.22. The summed E-state index contributed by atoms with van der Waals surface area (Å²) in [6.45, 7) is 2.01. The van der Waals surface area contributed by atoms with Crippen molar-refractivity contribution in [3.63, 3.8) is 0 Å². The van der Waals surface area contributed by atoms with Gasteiger partial charge in [0, 0.05) is 39.3 Å². The Morgan fingerprint density at radius 1 is 1.23 bits per heavy atom. The number of halogens is 1. The first-order chi connectivity index (χ1) is 12.2. The van der Waals surface area contributed by atoms with Crippen LogP contribution in [0.15, 0.2) is 35.6 Å². The van der Waals surface area contributed by atoms with Gasteiger partial charge in [0.05, 0.1) is 6.54 Å². The average Bonchev–Trinajstić information content (AvgIpc) is 3.24. The molecular formula is C17H24IN7O. The molecule has 2 aromatic rings. The molecule has 1 aromatic heterocycles. The van der Waals surface area contributed by atoms with Gasteiger partial charge in [0.2, 0.25) is 5.91 Å². The Morgan fingerprint density at radius 2 is 1.96 bits per heavy atom. The number of rotatable bonds is 5. The minimum absolute atomic E-state index is 0. The molecular weight excluding hydrogens is 445 g/mol. The minimum Gasteiger partial charge on any atom is -0.352 e. The fourth-order valence-corrected chi connectivity index (χ4v) is 2.75. The number of anilines is 1. The van der Waals surface area contributed by atoms with Crippen molar-refractivity contribution in [3.8, 4) is 0 Å². The quantitative estimate of drug-likeness (QED) is 0.393. The van der Waals surface area contributed by atoms with Crippen LogP contribution >= 0.6 is 24.0 Å². The van der Waals surface area contributed by atoms with Gasteiger partial charge in [-0.2, -0.15) is 0 Å². The molecule has 140 valence electrons. The fourth-order valence-electron chi connectivity index (χ4n) is 2.75. The second kappa shape index (κ2) is 9.51. The highest BCUT2D eigenvalue weighted by Gasteiger charge is 2.21. The lowest BCUT2D eigenvalue weighted by Gasteiger charge is -2.16. The minimum atomic E-state index is 0. The number of hydrogen-bond donors (Lipinski definition) is 2. The highest BCUT2D eigenvalue weighted by molar-refractivity contribution is 14.0. The summed E-state index contributed by atoms with van der Waals surface area (Å²) in [5.74, 6) is 1.74. The first-order valence-electron chi connectivity index (χ1n) is 8.34. The normalized spacial score (nSPS) is 14.3. The molecule has 3 rings (SSSR count). The van der Waals surface area contributed by atoms with Crippen molar-refractivity contribution >= 4 is 41.5 Å². The standard InChI is InChI=1S/C17H23N7O.HI/c1-18-17(20-11-15-22-21-12-23(15)2)19-10-13-5-7-14(8-6-13)24-9-3-4-16(24)25;/h5-8,12H,3-4,9-11H2,1-2H3,(H2,18,19,20);1H. The maximum absolute atomic E-state index is 11.8. The van der Waals surface area contributed by atoms with Crippen LogP contribution in [0, 0.1) is 0 Å². The summed E-state index contributed by atoms with van der Waals surface area (Å²) in [7, 11) is 3.63. The van der Waals surface area contributed by atoms with Gasteiger partial charge in [0.1, 0.15) is 6.33 Å². The van der Waals surface area contributed by atoms with E-state index in [-0.39, 0.29) is 29.9 Å². The zero-order valence-electron chi connectivity index (χ0n) is 15.0. The monoisotopic (exact) mass is 469 g/mol. The van der Waals surface area contributed by atoms with Gasteiger partial charge >= 0.3 is 0 Å². The van der Waals surface area contributed by atoms with Crippen LogP contribution in [0.2, 0.25) is 0 Å². The smallest absolute Gasteiger partial charge is 0.227 e. The molecule has 0 saturated carbocycles. The van der Waals surface area contributed by atoms with Crippen LogP contribution in [0.25, 0.3) is 0 Å². The fraction of sp³-hybridized carbons (Fsp3) is 0.412. The van der Waals surface area contributed by atoms with E-state index in [1.807, 2.05) is 40.8 Å². The second-order valence-electron chi connectivity index (χ2n) is 5.95. The van der Waals surface area contributed by atoms with Crippen molar-refractivity contribution in [2.75, 3.05) is 18.5 Å². The van der Waals surface area contributed by atoms with Gasteiger partial charge in [-0.25, -0.2) is 0 Å². The van der Waals surface area contributed by atoms with Gasteiger partial charge in [0.25, 0.3) is 0 Å². The lowest BCUT2D eigenvalue weighted by molar-refractivity contribution is -0.117. The van der Waals surface area contributed by atoms with Gasteiger partial charge in [-0.05, 0) is 24.1 Å². The van der Waals surface area contributed by atoms with Crippen molar-refractivity contribution in [2.24, 2.45) is 12.0 Å². The summed E-state index contributed by atoms with van der Waals surface area (Å²) in [5, 5.41) is 14.4. The Labute approximate surface area is 170 Å². The van der Waals surface area contributed by atoms with E-state index < -0.39 is 0 Å². The van der Waals surface area contributed by atoms with E-state index in [1.165, 1.54) is 0 Å². The van der Waals surface area contributed by atoms with Crippen molar-refractivity contribution < 1.29 is 4.79 Å². The van der Waals surface area contributed by atoms with Crippen molar-refractivity contribution in [3.05, 3.63) is 42.0 Å². The predicted molar refractivity (Wildman–Crippen MR) is 111 cm³/mol. The van der Waals surface area contributed by atoms with Crippen LogP contribution < -0.4 is 15.5 Å². The Hall–Kier alpha value is -2.17. The lowest BCUT2D eigenvalue weighted by atomic mass is 10.2. The molecule has 0 aliphatic carbocycles. The Bertz CT molecular complexity index is 757. The molecule has 1 aromatic carbocycles. The number of aromatic nitrogens is 3. The highest BCUT2D eigenvalue weighted by atomic mass is 127. The molecule has 0 spiro atoms. The van der Waals surface area contributed by atoms with Crippen LogP contribution in [0.5, 0.6) is 0 Å². The second-order valence-corrected chi connectivity index (χ2v) is 5.95. The average molecular weight is 469 g/mol. The van der Waals surface area contributed by atoms with Crippen molar-refractivity contribution in [1.29, 1.82) is 0 Å². The number of carbonyl (C=O) groups excluding carboxylic acids is 1. The molecule has 1 aliphatic heterocycles. The number of carbonyl (C=O) groups is 1. The molecule has 0 radical (unpaired) electrons. The maximum atomic E-state index is 11.8. The molecule has 1 amide bonds. The molecule has 8 nitrogen and oxygen atoms in total. The number of guanidine groups is 1. The zero-order chi connectivity index (χ0) is 17.6. The molecule has 9 heteroatoms. The molecule has 2 heterocycles. The largest absolute Gasteiger partial charge is 0.352 e. The maximum Gasteiger partial charge on any atom is 0.227 e. The summed E-state index contributed by atoms with van der Waals surface area (Å²) in [4.78, 5) is 17.8. The van der Waals surface area contributed by atoms with Gasteiger partial charge < -0.3 is 20.1 Å². The van der Waals surface area contributed by atoms with Crippen molar-refractivity contribution in [1.82, 2.24) is 25.4 Å². The van der Waals surface area contributed by atoms with E-state index in [0.717, 1.165) is 30.0 Å². The number of aliphatic imine (C=N–C) groups is 1. The number of aryl methyl sites for hydroxylation is 1. The lowest BCUT2D eigenvalue weighted by Crippen LogP contribution is -2.36. The Balaban J connectivity index is 0.00000243. The summed E-state index contributed by atoms with van der Waals surface area (Å²) < 4.78 is 1.86. The molecule has 0 unspecified atom stereocenters. The summed E-state index contributed by atoms with van der Waals surface area (Å²) in [6, 6.07) is 8.06. The van der Waals surface area contributed by atoms with E-state index in [4.69, 9.17) is 0 Å². The third-order valence-electron chi connectivity index (χ3n) is 4.22. The van der Waals surface area contributed by atoms with E-state index in [1.54, 1.807) is 13.4 Å². The van der Waals surface area contributed by atoms with Crippen LogP contribution in [0.1, 0.15) is 24.2 Å². The van der Waals surface area contributed by atoms with Crippen LogP contribution in [0.3, 0.4) is 0 Å². The summed E-state index contributed by atoms with van der Waals surface area (Å²) in [6.07, 6.45) is 3.26. The molecule has 26 heavy (non-hydrogen) atoms. The highest BCUT2D eigenvalue weighted by Crippen LogP contribution is 2.21. The van der Waals surface area contributed by atoms with Crippen LogP contribution in [-0.2, 0) is 24.9 Å². The van der Waals surface area contributed by atoms with Gasteiger partial charge in [-0.15, -0.1) is 34.2 Å². The summed E-state index contributed by atoms with van der Waals surface area (Å²) >= 11 is 0. The Kier molecular flexibility index (Phi) is 7.37. The molecule has 0 bridgehead atoms. The third kappa shape index (κ3) is 4.93. The van der Waals surface area contributed by atoms with E-state index in [0.29, 0.717) is 25.5 Å². The van der Waals surface area contributed by atoms with Gasteiger partial charge in [-0.1, -0.05) is 12.1 Å². The molecule has 0 atom stereocenters. The molecule has 1 fully saturated rings. The van der Waals surface area contributed by atoms with E-state index >= 15 is 0 Å². The van der Waals surface area contributed by atoms with Crippen molar-refractivity contribution in [2.45, 2.75) is 25.9 Å². The molecule has 1 saturated heterocycles. The Morgan fingerprint density at radius 3 is 2.54 bits per heavy atom.